The molecule has 1 aliphatic carbocycles. The normalized spacial score (nSPS) is 14.7. The van der Waals surface area contributed by atoms with Crippen LogP contribution in [0.3, 0.4) is 0 Å². The first kappa shape index (κ1) is 15.7. The predicted octanol–water partition coefficient (Wildman–Crippen LogP) is 5.38. The summed E-state index contributed by atoms with van der Waals surface area (Å²) in [5.41, 5.74) is 4.62. The molecule has 122 valence electrons. The van der Waals surface area contributed by atoms with E-state index < -0.39 is 0 Å². The first-order chi connectivity index (χ1) is 11.2. The summed E-state index contributed by atoms with van der Waals surface area (Å²) >= 11 is 0. The number of nitrogens with one attached hydrogen (secondary N) is 1. The number of aryl methyl sites for hydroxylation is 2. The minimum absolute atomic E-state index is 0.319. The maximum Gasteiger partial charge on any atom is 0.163 e. The molecule has 23 heavy (non-hydrogen) atoms. The van der Waals surface area contributed by atoms with Crippen molar-refractivity contribution in [3.63, 3.8) is 0 Å². The summed E-state index contributed by atoms with van der Waals surface area (Å²) in [5, 5.41) is 3.49. The second kappa shape index (κ2) is 6.95. The van der Waals surface area contributed by atoms with Crippen molar-refractivity contribution in [3.8, 4) is 11.5 Å². The van der Waals surface area contributed by atoms with Gasteiger partial charge in [0, 0.05) is 17.4 Å². The number of methoxy groups -OCH3 is 1. The zero-order chi connectivity index (χ0) is 16.2. The zero-order valence-corrected chi connectivity index (χ0v) is 14.2. The third kappa shape index (κ3) is 3.79. The zero-order valence-electron chi connectivity index (χ0n) is 14.2. The molecule has 0 aliphatic heterocycles. The summed E-state index contributed by atoms with van der Waals surface area (Å²) in [6, 6.07) is 12.5. The third-order valence-electron chi connectivity index (χ3n) is 4.43. The summed E-state index contributed by atoms with van der Waals surface area (Å²) < 4.78 is 11.6. The summed E-state index contributed by atoms with van der Waals surface area (Å²) in [6.07, 6.45) is 5.11. The highest BCUT2D eigenvalue weighted by atomic mass is 16.5. The van der Waals surface area contributed by atoms with Crippen molar-refractivity contribution in [2.24, 2.45) is 0 Å². The first-order valence-corrected chi connectivity index (χ1v) is 8.34. The van der Waals surface area contributed by atoms with Gasteiger partial charge in [-0.15, -0.1) is 0 Å². The Balaban J connectivity index is 1.83. The quantitative estimate of drug-likeness (QED) is 0.804. The molecular formula is C20H25NO2. The molecule has 0 amide bonds. The standard InChI is InChI=1S/C20H25NO2/c1-14-8-9-15(2)18(12-14)21-16-10-11-19(22-3)20(13-16)23-17-6-4-5-7-17/h8-13,17,21H,4-7H2,1-3H3. The molecule has 0 heterocycles. The maximum absolute atomic E-state index is 6.16. The van der Waals surface area contributed by atoms with Gasteiger partial charge in [-0.1, -0.05) is 12.1 Å². The topological polar surface area (TPSA) is 30.5 Å². The number of hydrogen-bond acceptors (Lipinski definition) is 3. The van der Waals surface area contributed by atoms with Crippen LogP contribution in [-0.4, -0.2) is 13.2 Å². The van der Waals surface area contributed by atoms with Crippen LogP contribution < -0.4 is 14.8 Å². The van der Waals surface area contributed by atoms with Crippen molar-refractivity contribution in [1.82, 2.24) is 0 Å². The van der Waals surface area contributed by atoms with Crippen molar-refractivity contribution in [1.29, 1.82) is 0 Å². The SMILES string of the molecule is COc1ccc(Nc2cc(C)ccc2C)cc1OC1CCCC1. The van der Waals surface area contributed by atoms with Gasteiger partial charge in [0.1, 0.15) is 0 Å². The number of hydrogen-bond donors (Lipinski definition) is 1. The molecule has 1 N–H and O–H groups in total. The van der Waals surface area contributed by atoms with Gasteiger partial charge in [-0.25, -0.2) is 0 Å². The highest BCUT2D eigenvalue weighted by Gasteiger charge is 2.18. The molecule has 0 bridgehead atoms. The van der Waals surface area contributed by atoms with Crippen molar-refractivity contribution >= 4 is 11.4 Å². The molecule has 0 unspecified atom stereocenters. The smallest absolute Gasteiger partial charge is 0.163 e. The molecule has 0 spiro atoms. The van der Waals surface area contributed by atoms with Crippen LogP contribution in [0.4, 0.5) is 11.4 Å². The fourth-order valence-corrected chi connectivity index (χ4v) is 3.06. The monoisotopic (exact) mass is 311 g/mol. The van der Waals surface area contributed by atoms with Gasteiger partial charge in [0.2, 0.25) is 0 Å². The van der Waals surface area contributed by atoms with Crippen LogP contribution >= 0.6 is 0 Å². The number of ether oxygens (including phenoxy) is 2. The number of benzene rings is 2. The van der Waals surface area contributed by atoms with Gasteiger partial charge in [-0.05, 0) is 68.9 Å². The molecule has 1 fully saturated rings. The molecule has 0 saturated heterocycles. The van der Waals surface area contributed by atoms with Gasteiger partial charge >= 0.3 is 0 Å². The fraction of sp³-hybridized carbons (Fsp3) is 0.400. The van der Waals surface area contributed by atoms with E-state index in [2.05, 4.69) is 37.4 Å². The van der Waals surface area contributed by atoms with Crippen LogP contribution in [0.2, 0.25) is 0 Å². The predicted molar refractivity (Wildman–Crippen MR) is 95.1 cm³/mol. The molecule has 2 aromatic rings. The molecule has 3 rings (SSSR count). The summed E-state index contributed by atoms with van der Waals surface area (Å²) in [4.78, 5) is 0. The van der Waals surface area contributed by atoms with E-state index in [0.29, 0.717) is 6.10 Å². The lowest BCUT2D eigenvalue weighted by atomic mass is 10.1. The Labute approximate surface area is 138 Å². The van der Waals surface area contributed by atoms with Crippen molar-refractivity contribution in [2.45, 2.75) is 45.6 Å². The Bertz CT molecular complexity index is 675. The van der Waals surface area contributed by atoms with E-state index in [4.69, 9.17) is 9.47 Å². The van der Waals surface area contributed by atoms with Crippen LogP contribution in [-0.2, 0) is 0 Å². The largest absolute Gasteiger partial charge is 0.493 e. The Hall–Kier alpha value is -2.16. The van der Waals surface area contributed by atoms with Gasteiger partial charge in [0.15, 0.2) is 11.5 Å². The lowest BCUT2D eigenvalue weighted by molar-refractivity contribution is 0.201. The molecule has 2 aromatic carbocycles. The van der Waals surface area contributed by atoms with E-state index >= 15 is 0 Å². The van der Waals surface area contributed by atoms with Crippen LogP contribution in [0.5, 0.6) is 11.5 Å². The highest BCUT2D eigenvalue weighted by molar-refractivity contribution is 5.66. The van der Waals surface area contributed by atoms with Gasteiger partial charge in [0.05, 0.1) is 13.2 Å². The van der Waals surface area contributed by atoms with Crippen LogP contribution in [0.1, 0.15) is 36.8 Å². The van der Waals surface area contributed by atoms with Gasteiger partial charge in [-0.3, -0.25) is 0 Å². The van der Waals surface area contributed by atoms with E-state index in [1.165, 1.54) is 24.0 Å². The molecule has 0 aromatic heterocycles. The fourth-order valence-electron chi connectivity index (χ4n) is 3.06. The number of rotatable bonds is 5. The third-order valence-corrected chi connectivity index (χ3v) is 4.43. The molecule has 0 atom stereocenters. The number of anilines is 2. The average Bonchev–Trinajstić information content (AvgIpc) is 3.04. The minimum atomic E-state index is 0.319. The van der Waals surface area contributed by atoms with E-state index in [1.54, 1.807) is 7.11 Å². The van der Waals surface area contributed by atoms with Crippen molar-refractivity contribution in [2.75, 3.05) is 12.4 Å². The van der Waals surface area contributed by atoms with Crippen molar-refractivity contribution < 1.29 is 9.47 Å². The van der Waals surface area contributed by atoms with Crippen molar-refractivity contribution in [3.05, 3.63) is 47.5 Å². The van der Waals surface area contributed by atoms with Crippen LogP contribution in [0.25, 0.3) is 0 Å². The second-order valence-corrected chi connectivity index (χ2v) is 6.33. The lowest BCUT2D eigenvalue weighted by Crippen LogP contribution is -2.11. The van der Waals surface area contributed by atoms with Gasteiger partial charge < -0.3 is 14.8 Å². The Morgan fingerprint density at radius 3 is 2.48 bits per heavy atom. The molecule has 3 nitrogen and oxygen atoms in total. The first-order valence-electron chi connectivity index (χ1n) is 8.34. The maximum atomic E-state index is 6.16. The van der Waals surface area contributed by atoms with Crippen LogP contribution in [0.15, 0.2) is 36.4 Å². The van der Waals surface area contributed by atoms with E-state index in [1.807, 2.05) is 18.2 Å². The van der Waals surface area contributed by atoms with E-state index in [-0.39, 0.29) is 0 Å². The average molecular weight is 311 g/mol. The van der Waals surface area contributed by atoms with Crippen LogP contribution in [0, 0.1) is 13.8 Å². The Kier molecular flexibility index (Phi) is 4.75. The van der Waals surface area contributed by atoms with E-state index in [9.17, 15) is 0 Å². The summed E-state index contributed by atoms with van der Waals surface area (Å²) in [5.74, 6) is 1.62. The van der Waals surface area contributed by atoms with Gasteiger partial charge in [-0.2, -0.15) is 0 Å². The van der Waals surface area contributed by atoms with Gasteiger partial charge in [0.25, 0.3) is 0 Å². The Morgan fingerprint density at radius 1 is 0.957 bits per heavy atom. The molecular weight excluding hydrogens is 286 g/mol. The minimum Gasteiger partial charge on any atom is -0.493 e. The Morgan fingerprint density at radius 2 is 1.74 bits per heavy atom. The van der Waals surface area contributed by atoms with E-state index in [0.717, 1.165) is 35.7 Å². The summed E-state index contributed by atoms with van der Waals surface area (Å²) in [6.45, 7) is 4.22. The highest BCUT2D eigenvalue weighted by Crippen LogP contribution is 2.35. The second-order valence-electron chi connectivity index (χ2n) is 6.33. The molecule has 0 radical (unpaired) electrons. The molecule has 1 aliphatic rings. The lowest BCUT2D eigenvalue weighted by Gasteiger charge is -2.18. The molecule has 1 saturated carbocycles. The summed E-state index contributed by atoms with van der Waals surface area (Å²) in [7, 11) is 1.69. The molecule has 3 heteroatoms.